The summed E-state index contributed by atoms with van der Waals surface area (Å²) in [5.41, 5.74) is 2.75. The zero-order chi connectivity index (χ0) is 21.6. The second-order valence-electron chi connectivity index (χ2n) is 7.32. The first kappa shape index (κ1) is 22.3. The molecule has 0 atom stereocenters. The van der Waals surface area contributed by atoms with E-state index in [1.165, 1.54) is 12.8 Å². The van der Waals surface area contributed by atoms with Crippen LogP contribution < -0.4 is 9.64 Å². The van der Waals surface area contributed by atoms with Gasteiger partial charge in [-0.15, -0.1) is 0 Å². The normalized spacial score (nSPS) is 15.4. The van der Waals surface area contributed by atoms with E-state index in [1.54, 1.807) is 28.7 Å². The fourth-order valence-electron chi connectivity index (χ4n) is 3.68. The van der Waals surface area contributed by atoms with Gasteiger partial charge in [0, 0.05) is 44.1 Å². The zero-order valence-corrected chi connectivity index (χ0v) is 18.9. The smallest absolute Gasteiger partial charge is 0.243 e. The van der Waals surface area contributed by atoms with Crippen molar-refractivity contribution in [2.75, 3.05) is 38.2 Å². The third-order valence-electron chi connectivity index (χ3n) is 5.48. The van der Waals surface area contributed by atoms with E-state index in [0.29, 0.717) is 24.5 Å². The van der Waals surface area contributed by atoms with Gasteiger partial charge in [-0.2, -0.15) is 4.31 Å². The molecule has 1 saturated heterocycles. The number of benzene rings is 2. The van der Waals surface area contributed by atoms with Crippen molar-refractivity contribution in [1.82, 2.24) is 4.31 Å². The number of anilines is 1. The molecule has 1 fully saturated rings. The molecule has 1 aliphatic rings. The maximum absolute atomic E-state index is 12.9. The molecule has 0 radical (unpaired) electrons. The van der Waals surface area contributed by atoms with Crippen molar-refractivity contribution in [2.45, 2.75) is 38.0 Å². The summed E-state index contributed by atoms with van der Waals surface area (Å²) < 4.78 is 32.8. The summed E-state index contributed by atoms with van der Waals surface area (Å²) in [6.07, 6.45) is 4.67. The molecule has 0 aromatic heterocycles. The molecule has 0 saturated carbocycles. The van der Waals surface area contributed by atoms with Gasteiger partial charge in [-0.1, -0.05) is 18.6 Å². The Balaban J connectivity index is 1.80. The molecule has 0 bridgehead atoms. The van der Waals surface area contributed by atoms with Gasteiger partial charge in [0.05, 0.1) is 12.0 Å². The van der Waals surface area contributed by atoms with Gasteiger partial charge in [0.15, 0.2) is 0 Å². The van der Waals surface area contributed by atoms with Gasteiger partial charge in [0.2, 0.25) is 10.0 Å². The summed E-state index contributed by atoms with van der Waals surface area (Å²) >= 11 is 0. The highest BCUT2D eigenvalue weighted by atomic mass is 32.2. The zero-order valence-electron chi connectivity index (χ0n) is 18.0. The van der Waals surface area contributed by atoms with E-state index in [0.717, 1.165) is 37.9 Å². The Morgan fingerprint density at radius 2 is 1.70 bits per heavy atom. The summed E-state index contributed by atoms with van der Waals surface area (Å²) in [5, 5.41) is 0. The van der Waals surface area contributed by atoms with Crippen molar-refractivity contribution < 1.29 is 13.2 Å². The molecule has 2 aromatic rings. The Bertz CT molecular complexity index is 962. The lowest BCUT2D eigenvalue weighted by Gasteiger charge is -2.26. The number of sulfonamides is 1. The van der Waals surface area contributed by atoms with Crippen LogP contribution in [0.4, 0.5) is 11.4 Å². The number of aliphatic imine (C=N–C) groups is 1. The number of ether oxygens (including phenoxy) is 1. The standard InChI is InChI=1S/C23H31N3O3S/c1-4-25(5-2)20-11-9-19(10-12-20)18-24-22-14-13-21(17-23(22)29-3)30(27,28)26-15-7-6-8-16-26/h9-14,17-18H,4-8,15-16H2,1-3H3. The minimum atomic E-state index is -3.50. The van der Waals surface area contributed by atoms with Crippen LogP contribution in [0.5, 0.6) is 5.75 Å². The first-order chi connectivity index (χ1) is 14.5. The van der Waals surface area contributed by atoms with Gasteiger partial charge < -0.3 is 9.64 Å². The molecule has 1 aliphatic heterocycles. The lowest BCUT2D eigenvalue weighted by molar-refractivity contribution is 0.346. The summed E-state index contributed by atoms with van der Waals surface area (Å²) in [6, 6.07) is 13.1. The van der Waals surface area contributed by atoms with E-state index in [4.69, 9.17) is 4.74 Å². The number of rotatable bonds is 8. The average Bonchev–Trinajstić information content (AvgIpc) is 2.79. The second kappa shape index (κ2) is 10.1. The molecule has 0 aliphatic carbocycles. The lowest BCUT2D eigenvalue weighted by Crippen LogP contribution is -2.35. The van der Waals surface area contributed by atoms with E-state index < -0.39 is 10.0 Å². The van der Waals surface area contributed by atoms with Crippen LogP contribution >= 0.6 is 0 Å². The Labute approximate surface area is 180 Å². The molecule has 0 N–H and O–H groups in total. The quantitative estimate of drug-likeness (QED) is 0.581. The van der Waals surface area contributed by atoms with Crippen molar-refractivity contribution in [3.8, 4) is 5.75 Å². The molecule has 6 nitrogen and oxygen atoms in total. The van der Waals surface area contributed by atoms with Crippen LogP contribution in [0, 0.1) is 0 Å². The SMILES string of the molecule is CCN(CC)c1ccc(C=Nc2ccc(S(=O)(=O)N3CCCCC3)cc2OC)cc1. The summed E-state index contributed by atoms with van der Waals surface area (Å²) in [7, 11) is -1.97. The number of methoxy groups -OCH3 is 1. The molecule has 0 spiro atoms. The molecule has 30 heavy (non-hydrogen) atoms. The van der Waals surface area contributed by atoms with Crippen molar-refractivity contribution >= 4 is 27.6 Å². The highest BCUT2D eigenvalue weighted by molar-refractivity contribution is 7.89. The predicted molar refractivity (Wildman–Crippen MR) is 123 cm³/mol. The molecule has 0 amide bonds. The van der Waals surface area contributed by atoms with Crippen molar-refractivity contribution in [1.29, 1.82) is 0 Å². The minimum Gasteiger partial charge on any atom is -0.494 e. The maximum atomic E-state index is 12.9. The molecule has 7 heteroatoms. The van der Waals surface area contributed by atoms with Gasteiger partial charge in [-0.3, -0.25) is 4.99 Å². The topological polar surface area (TPSA) is 62.2 Å². The fourth-order valence-corrected chi connectivity index (χ4v) is 5.22. The second-order valence-corrected chi connectivity index (χ2v) is 9.26. The minimum absolute atomic E-state index is 0.253. The van der Waals surface area contributed by atoms with Crippen LogP contribution in [-0.2, 0) is 10.0 Å². The number of nitrogens with zero attached hydrogens (tertiary/aromatic N) is 3. The highest BCUT2D eigenvalue weighted by Crippen LogP contribution is 2.32. The van der Waals surface area contributed by atoms with Crippen LogP contribution in [0.2, 0.25) is 0 Å². The van der Waals surface area contributed by atoms with Gasteiger partial charge in [-0.05, 0) is 56.5 Å². The third kappa shape index (κ3) is 5.02. The molecule has 2 aromatic carbocycles. The Morgan fingerprint density at radius 1 is 1.03 bits per heavy atom. The van der Waals surface area contributed by atoms with E-state index in [-0.39, 0.29) is 4.90 Å². The predicted octanol–water partition coefficient (Wildman–Crippen LogP) is 4.47. The molecule has 0 unspecified atom stereocenters. The van der Waals surface area contributed by atoms with E-state index in [1.807, 2.05) is 12.1 Å². The fraction of sp³-hybridized carbons (Fsp3) is 0.435. The third-order valence-corrected chi connectivity index (χ3v) is 7.37. The van der Waals surface area contributed by atoms with Gasteiger partial charge >= 0.3 is 0 Å². The monoisotopic (exact) mass is 429 g/mol. The van der Waals surface area contributed by atoms with Gasteiger partial charge in [-0.25, -0.2) is 8.42 Å². The first-order valence-corrected chi connectivity index (χ1v) is 12.0. The van der Waals surface area contributed by atoms with Crippen LogP contribution in [0.25, 0.3) is 0 Å². The van der Waals surface area contributed by atoms with Crippen molar-refractivity contribution in [3.63, 3.8) is 0 Å². The molecule has 3 rings (SSSR count). The molecular weight excluding hydrogens is 398 g/mol. The molecular formula is C23H31N3O3S. The van der Waals surface area contributed by atoms with Crippen LogP contribution in [0.1, 0.15) is 38.7 Å². The Kier molecular flexibility index (Phi) is 7.50. The highest BCUT2D eigenvalue weighted by Gasteiger charge is 2.26. The summed E-state index contributed by atoms with van der Waals surface area (Å²) in [5.74, 6) is 0.448. The van der Waals surface area contributed by atoms with Crippen LogP contribution in [0.15, 0.2) is 52.4 Å². The maximum Gasteiger partial charge on any atom is 0.243 e. The van der Waals surface area contributed by atoms with Crippen LogP contribution in [0.3, 0.4) is 0 Å². The molecule has 1 heterocycles. The van der Waals surface area contributed by atoms with Gasteiger partial charge in [0.1, 0.15) is 11.4 Å². The Hall–Kier alpha value is -2.38. The number of hydrogen-bond acceptors (Lipinski definition) is 5. The number of hydrogen-bond donors (Lipinski definition) is 0. The van der Waals surface area contributed by atoms with E-state index in [9.17, 15) is 8.42 Å². The number of piperidine rings is 1. The van der Waals surface area contributed by atoms with Gasteiger partial charge in [0.25, 0.3) is 0 Å². The van der Waals surface area contributed by atoms with E-state index in [2.05, 4.69) is 35.9 Å². The largest absolute Gasteiger partial charge is 0.494 e. The van der Waals surface area contributed by atoms with Crippen LogP contribution in [-0.4, -0.2) is 52.2 Å². The molecule has 162 valence electrons. The van der Waals surface area contributed by atoms with E-state index >= 15 is 0 Å². The first-order valence-electron chi connectivity index (χ1n) is 10.6. The average molecular weight is 430 g/mol. The lowest BCUT2D eigenvalue weighted by atomic mass is 10.2. The Morgan fingerprint density at radius 3 is 2.30 bits per heavy atom. The summed E-state index contributed by atoms with van der Waals surface area (Å²) in [4.78, 5) is 7.06. The summed E-state index contributed by atoms with van der Waals surface area (Å²) in [6.45, 7) is 7.37. The van der Waals surface area contributed by atoms with Crippen molar-refractivity contribution in [2.24, 2.45) is 4.99 Å². The van der Waals surface area contributed by atoms with Crippen molar-refractivity contribution in [3.05, 3.63) is 48.0 Å².